The minimum Gasteiger partial charge on any atom is -0.444 e. The zero-order valence-corrected chi connectivity index (χ0v) is 13.8. The molecule has 128 valence electrons. The minimum absolute atomic E-state index is 0.00997. The van der Waals surface area contributed by atoms with Crippen LogP contribution in [-0.2, 0) is 4.74 Å². The van der Waals surface area contributed by atoms with E-state index in [1.165, 1.54) is 6.20 Å². The van der Waals surface area contributed by atoms with Gasteiger partial charge in [0, 0.05) is 6.04 Å². The molecule has 23 heavy (non-hydrogen) atoms. The van der Waals surface area contributed by atoms with Crippen molar-refractivity contribution in [1.29, 1.82) is 0 Å². The first-order chi connectivity index (χ1) is 10.7. The molecule has 5 N–H and O–H groups in total. The van der Waals surface area contributed by atoms with E-state index in [-0.39, 0.29) is 23.5 Å². The fourth-order valence-electron chi connectivity index (χ4n) is 2.84. The highest BCUT2D eigenvalue weighted by molar-refractivity contribution is 5.96. The van der Waals surface area contributed by atoms with Gasteiger partial charge in [0.1, 0.15) is 17.0 Å². The Kier molecular flexibility index (Phi) is 4.82. The summed E-state index contributed by atoms with van der Waals surface area (Å²) in [7, 11) is 0. The summed E-state index contributed by atoms with van der Waals surface area (Å²) in [5, 5.41) is 7.07. The normalized spacial score (nSPS) is 21.7. The molecule has 0 spiro atoms. The van der Waals surface area contributed by atoms with Gasteiger partial charge in [0.05, 0.1) is 12.2 Å². The molecule has 2 rings (SSSR count). The van der Waals surface area contributed by atoms with E-state index in [9.17, 15) is 9.59 Å². The second-order valence-electron chi connectivity index (χ2n) is 6.92. The van der Waals surface area contributed by atoms with Crippen molar-refractivity contribution in [3.63, 3.8) is 0 Å². The summed E-state index contributed by atoms with van der Waals surface area (Å²) in [6.07, 6.45) is 4.34. The zero-order valence-electron chi connectivity index (χ0n) is 13.8. The van der Waals surface area contributed by atoms with Crippen molar-refractivity contribution in [1.82, 2.24) is 15.1 Å². The summed E-state index contributed by atoms with van der Waals surface area (Å²) in [4.78, 5) is 23.2. The van der Waals surface area contributed by atoms with Gasteiger partial charge in [0.15, 0.2) is 0 Å². The molecule has 1 fully saturated rings. The number of ether oxygens (including phenoxy) is 1. The number of alkyl carbamates (subject to hydrolysis) is 1. The molecule has 1 aromatic heterocycles. The Balaban J connectivity index is 2.01. The molecule has 2 amide bonds. The Labute approximate surface area is 135 Å². The van der Waals surface area contributed by atoms with Gasteiger partial charge in [0.2, 0.25) is 0 Å². The first-order valence-corrected chi connectivity index (χ1v) is 7.79. The van der Waals surface area contributed by atoms with Crippen LogP contribution in [-0.4, -0.2) is 33.4 Å². The van der Waals surface area contributed by atoms with E-state index in [1.54, 1.807) is 4.68 Å². The van der Waals surface area contributed by atoms with Gasteiger partial charge in [0.25, 0.3) is 5.91 Å². The maximum atomic E-state index is 11.9. The third-order valence-electron chi connectivity index (χ3n) is 3.81. The van der Waals surface area contributed by atoms with Crippen molar-refractivity contribution in [2.24, 2.45) is 5.73 Å². The molecule has 8 heteroatoms. The molecule has 0 saturated heterocycles. The van der Waals surface area contributed by atoms with E-state index in [1.807, 2.05) is 20.8 Å². The predicted molar refractivity (Wildman–Crippen MR) is 85.8 cm³/mol. The highest BCUT2D eigenvalue weighted by atomic mass is 16.6. The lowest BCUT2D eigenvalue weighted by atomic mass is 9.91. The molecule has 1 aromatic rings. The van der Waals surface area contributed by atoms with Crippen molar-refractivity contribution in [3.05, 3.63) is 11.8 Å². The van der Waals surface area contributed by atoms with Crippen LogP contribution in [0.25, 0.3) is 0 Å². The van der Waals surface area contributed by atoms with Gasteiger partial charge in [-0.05, 0) is 46.5 Å². The number of nitrogens with two attached hydrogens (primary N) is 2. The van der Waals surface area contributed by atoms with Crippen molar-refractivity contribution < 1.29 is 14.3 Å². The number of primary amides is 1. The lowest BCUT2D eigenvalue weighted by Crippen LogP contribution is -2.42. The third kappa shape index (κ3) is 4.37. The number of carbonyl (C=O) groups excluding carboxylic acids is 2. The standard InChI is InChI=1S/C15H25N5O3/c1-15(2,3)23-14(22)19-9-5-4-6-10(7-9)20-12(16)11(8-18-20)13(17)21/h8-10H,4-7,16H2,1-3H3,(H2,17,21)(H,19,22). The second kappa shape index (κ2) is 6.47. The molecule has 8 nitrogen and oxygen atoms in total. The Bertz CT molecular complexity index is 590. The van der Waals surface area contributed by atoms with E-state index in [0.29, 0.717) is 6.42 Å². The van der Waals surface area contributed by atoms with Crippen LogP contribution in [0.3, 0.4) is 0 Å². The summed E-state index contributed by atoms with van der Waals surface area (Å²) in [6, 6.07) is 0.0148. The predicted octanol–water partition coefficient (Wildman–Crippen LogP) is 1.57. The van der Waals surface area contributed by atoms with Crippen LogP contribution < -0.4 is 16.8 Å². The molecule has 0 aliphatic heterocycles. The highest BCUT2D eigenvalue weighted by Gasteiger charge is 2.28. The first-order valence-electron chi connectivity index (χ1n) is 7.79. The monoisotopic (exact) mass is 323 g/mol. The number of amides is 2. The summed E-state index contributed by atoms with van der Waals surface area (Å²) in [5.74, 6) is -0.312. The second-order valence-corrected chi connectivity index (χ2v) is 6.92. The van der Waals surface area contributed by atoms with E-state index in [4.69, 9.17) is 16.2 Å². The Hall–Kier alpha value is -2.25. The number of nitrogen functional groups attached to an aromatic ring is 1. The molecule has 2 unspecified atom stereocenters. The van der Waals surface area contributed by atoms with Gasteiger partial charge in [-0.3, -0.25) is 4.79 Å². The number of aromatic nitrogens is 2. The summed E-state index contributed by atoms with van der Waals surface area (Å²) >= 11 is 0. The Morgan fingerprint density at radius 1 is 1.39 bits per heavy atom. The van der Waals surface area contributed by atoms with Crippen LogP contribution in [0.2, 0.25) is 0 Å². The van der Waals surface area contributed by atoms with Crippen LogP contribution in [0.15, 0.2) is 6.20 Å². The number of carbonyl (C=O) groups is 2. The average Bonchev–Trinajstić information content (AvgIpc) is 2.78. The number of hydrogen-bond donors (Lipinski definition) is 3. The largest absolute Gasteiger partial charge is 0.444 e. The lowest BCUT2D eigenvalue weighted by Gasteiger charge is -2.31. The van der Waals surface area contributed by atoms with Gasteiger partial charge in [-0.1, -0.05) is 0 Å². The highest BCUT2D eigenvalue weighted by Crippen LogP contribution is 2.30. The van der Waals surface area contributed by atoms with Gasteiger partial charge in [-0.2, -0.15) is 5.10 Å². The SMILES string of the molecule is CC(C)(C)OC(=O)NC1CCCC(n2ncc(C(N)=O)c2N)C1. The maximum absolute atomic E-state index is 11.9. The lowest BCUT2D eigenvalue weighted by molar-refractivity contribution is 0.0485. The van der Waals surface area contributed by atoms with Gasteiger partial charge in [-0.15, -0.1) is 0 Å². The van der Waals surface area contributed by atoms with Crippen LogP contribution in [0.5, 0.6) is 0 Å². The first kappa shape index (κ1) is 17.1. The molecule has 0 aromatic carbocycles. The number of nitrogens with one attached hydrogen (secondary N) is 1. The molecule has 0 bridgehead atoms. The smallest absolute Gasteiger partial charge is 0.407 e. The minimum atomic E-state index is -0.590. The molecule has 0 radical (unpaired) electrons. The van der Waals surface area contributed by atoms with E-state index < -0.39 is 17.6 Å². The van der Waals surface area contributed by atoms with Gasteiger partial charge in [-0.25, -0.2) is 9.48 Å². The van der Waals surface area contributed by atoms with Crippen LogP contribution in [0.1, 0.15) is 62.9 Å². The van der Waals surface area contributed by atoms with Crippen molar-refractivity contribution in [2.45, 2.75) is 64.1 Å². The van der Waals surface area contributed by atoms with Crippen molar-refractivity contribution in [2.75, 3.05) is 5.73 Å². The van der Waals surface area contributed by atoms with Gasteiger partial charge >= 0.3 is 6.09 Å². The van der Waals surface area contributed by atoms with Crippen LogP contribution in [0.4, 0.5) is 10.6 Å². The topological polar surface area (TPSA) is 125 Å². The fraction of sp³-hybridized carbons (Fsp3) is 0.667. The molecular weight excluding hydrogens is 298 g/mol. The molecule has 1 saturated carbocycles. The van der Waals surface area contributed by atoms with E-state index in [0.717, 1.165) is 19.3 Å². The van der Waals surface area contributed by atoms with Crippen LogP contribution >= 0.6 is 0 Å². The molecule has 1 aliphatic carbocycles. The maximum Gasteiger partial charge on any atom is 0.407 e. The number of hydrogen-bond acceptors (Lipinski definition) is 5. The van der Waals surface area contributed by atoms with Gasteiger partial charge < -0.3 is 21.5 Å². The Morgan fingerprint density at radius 2 is 2.09 bits per heavy atom. The van der Waals surface area contributed by atoms with E-state index >= 15 is 0 Å². The quantitative estimate of drug-likeness (QED) is 0.778. The molecular formula is C15H25N5O3. The summed E-state index contributed by atoms with van der Waals surface area (Å²) in [5.41, 5.74) is 10.9. The average molecular weight is 323 g/mol. The van der Waals surface area contributed by atoms with Crippen LogP contribution in [0, 0.1) is 0 Å². The molecule has 1 heterocycles. The number of rotatable bonds is 3. The summed E-state index contributed by atoms with van der Waals surface area (Å²) in [6.45, 7) is 5.48. The molecule has 1 aliphatic rings. The number of anilines is 1. The third-order valence-corrected chi connectivity index (χ3v) is 3.81. The van der Waals surface area contributed by atoms with E-state index in [2.05, 4.69) is 10.4 Å². The molecule has 2 atom stereocenters. The van der Waals surface area contributed by atoms with Crippen molar-refractivity contribution >= 4 is 17.8 Å². The van der Waals surface area contributed by atoms with Crippen molar-refractivity contribution in [3.8, 4) is 0 Å². The number of nitrogens with zero attached hydrogens (tertiary/aromatic N) is 2. The summed E-state index contributed by atoms with van der Waals surface area (Å²) < 4.78 is 6.91. The fourth-order valence-corrected chi connectivity index (χ4v) is 2.84. The Morgan fingerprint density at radius 3 is 2.65 bits per heavy atom. The zero-order chi connectivity index (χ0) is 17.2.